The molecule has 3 aromatic carbocycles. The Hall–Kier alpha value is -3.48. The maximum absolute atomic E-state index is 12.7. The molecule has 0 aliphatic rings. The molecule has 0 bridgehead atoms. The number of alkyl halides is 3. The molecule has 0 heterocycles. The van der Waals surface area contributed by atoms with Crippen molar-refractivity contribution in [1.82, 2.24) is 0 Å². The van der Waals surface area contributed by atoms with E-state index in [0.717, 1.165) is 17.7 Å². The van der Waals surface area contributed by atoms with Crippen LogP contribution >= 0.6 is 0 Å². The summed E-state index contributed by atoms with van der Waals surface area (Å²) in [5, 5.41) is 15.2. The summed E-state index contributed by atoms with van der Waals surface area (Å²) < 4.78 is 38.2. The first-order valence-electron chi connectivity index (χ1n) is 7.97. The van der Waals surface area contributed by atoms with Crippen molar-refractivity contribution in [2.24, 2.45) is 0 Å². The quantitative estimate of drug-likeness (QED) is 0.515. The van der Waals surface area contributed by atoms with Crippen molar-refractivity contribution < 1.29 is 23.1 Å². The lowest BCUT2D eigenvalue weighted by Gasteiger charge is -2.13. The third kappa shape index (κ3) is 4.38. The van der Waals surface area contributed by atoms with Gasteiger partial charge in [-0.15, -0.1) is 0 Å². The van der Waals surface area contributed by atoms with E-state index >= 15 is 0 Å². The number of amides is 2. The number of aromatic hydroxyl groups is 1. The van der Waals surface area contributed by atoms with Gasteiger partial charge in [0.15, 0.2) is 0 Å². The molecule has 0 saturated heterocycles. The number of nitrogens with one attached hydrogen (secondary N) is 2. The van der Waals surface area contributed by atoms with Crippen LogP contribution in [-0.4, -0.2) is 11.1 Å². The van der Waals surface area contributed by atoms with Gasteiger partial charge in [-0.2, -0.15) is 13.2 Å². The Morgan fingerprint density at radius 1 is 0.852 bits per heavy atom. The average Bonchev–Trinajstić information content (AvgIpc) is 2.64. The molecule has 0 aromatic heterocycles. The Morgan fingerprint density at radius 3 is 2.26 bits per heavy atom. The third-order valence-corrected chi connectivity index (χ3v) is 3.82. The SMILES string of the molecule is O=C(Nc1cccc(C(F)(F)F)c1)Nc1cccc(-c2ccccc2)c1O. The van der Waals surface area contributed by atoms with Crippen LogP contribution in [0.4, 0.5) is 29.3 Å². The first kappa shape index (κ1) is 18.3. The van der Waals surface area contributed by atoms with Crippen LogP contribution in [-0.2, 0) is 6.18 Å². The lowest BCUT2D eigenvalue weighted by atomic mass is 10.0. The molecule has 0 spiro atoms. The molecule has 27 heavy (non-hydrogen) atoms. The van der Waals surface area contributed by atoms with E-state index in [0.29, 0.717) is 5.56 Å². The minimum atomic E-state index is -4.50. The highest BCUT2D eigenvalue weighted by molar-refractivity contribution is 6.01. The molecule has 0 unspecified atom stereocenters. The smallest absolute Gasteiger partial charge is 0.416 e. The van der Waals surface area contributed by atoms with Gasteiger partial charge in [-0.3, -0.25) is 0 Å². The molecule has 2 amide bonds. The summed E-state index contributed by atoms with van der Waals surface area (Å²) in [5.74, 6) is -0.136. The van der Waals surface area contributed by atoms with Crippen LogP contribution in [0.3, 0.4) is 0 Å². The number of benzene rings is 3. The van der Waals surface area contributed by atoms with Crippen LogP contribution in [0.15, 0.2) is 72.8 Å². The molecule has 7 heteroatoms. The second kappa shape index (κ2) is 7.41. The molecule has 3 rings (SSSR count). The van der Waals surface area contributed by atoms with Gasteiger partial charge >= 0.3 is 12.2 Å². The fourth-order valence-electron chi connectivity index (χ4n) is 2.55. The van der Waals surface area contributed by atoms with Crippen molar-refractivity contribution in [3.8, 4) is 16.9 Å². The predicted octanol–water partition coefficient (Wildman–Crippen LogP) is 5.72. The van der Waals surface area contributed by atoms with Crippen LogP contribution in [0.1, 0.15) is 5.56 Å². The Balaban J connectivity index is 1.77. The standard InChI is InChI=1S/C20H15F3N2O2/c21-20(22,23)14-8-4-9-15(12-14)24-19(27)25-17-11-5-10-16(18(17)26)13-6-2-1-3-7-13/h1-12,26H,(H2,24,25,27). The van der Waals surface area contributed by atoms with Crippen LogP contribution in [0.5, 0.6) is 5.75 Å². The number of urea groups is 1. The van der Waals surface area contributed by atoms with E-state index in [4.69, 9.17) is 0 Å². The van der Waals surface area contributed by atoms with Crippen molar-refractivity contribution in [3.63, 3.8) is 0 Å². The van der Waals surface area contributed by atoms with Gasteiger partial charge in [0.2, 0.25) is 0 Å². The van der Waals surface area contributed by atoms with Crippen LogP contribution < -0.4 is 10.6 Å². The maximum Gasteiger partial charge on any atom is 0.416 e. The van der Waals surface area contributed by atoms with Crippen molar-refractivity contribution >= 4 is 17.4 Å². The molecule has 0 radical (unpaired) electrons. The zero-order valence-corrected chi connectivity index (χ0v) is 13.9. The second-order valence-corrected chi connectivity index (χ2v) is 5.73. The molecule has 0 atom stereocenters. The third-order valence-electron chi connectivity index (χ3n) is 3.82. The molecule has 0 aliphatic heterocycles. The number of para-hydroxylation sites is 1. The van der Waals surface area contributed by atoms with Gasteiger partial charge in [-0.05, 0) is 29.8 Å². The van der Waals surface area contributed by atoms with Gasteiger partial charge in [-0.1, -0.05) is 48.5 Å². The number of halogens is 3. The number of rotatable bonds is 3. The summed E-state index contributed by atoms with van der Waals surface area (Å²) in [6.07, 6.45) is -4.50. The summed E-state index contributed by atoms with van der Waals surface area (Å²) in [7, 11) is 0. The summed E-state index contributed by atoms with van der Waals surface area (Å²) in [4.78, 5) is 12.1. The van der Waals surface area contributed by atoms with Crippen molar-refractivity contribution in [2.45, 2.75) is 6.18 Å². The minimum Gasteiger partial charge on any atom is -0.505 e. The zero-order valence-electron chi connectivity index (χ0n) is 13.9. The fourth-order valence-corrected chi connectivity index (χ4v) is 2.55. The summed E-state index contributed by atoms with van der Waals surface area (Å²) in [6.45, 7) is 0. The molecule has 138 valence electrons. The van der Waals surface area contributed by atoms with Gasteiger partial charge < -0.3 is 15.7 Å². The summed E-state index contributed by atoms with van der Waals surface area (Å²) in [6, 6.07) is 17.4. The molecule has 3 aromatic rings. The Morgan fingerprint density at radius 2 is 1.56 bits per heavy atom. The Labute approximate surface area is 153 Å². The van der Waals surface area contributed by atoms with Crippen LogP contribution in [0.25, 0.3) is 11.1 Å². The molecule has 0 saturated carbocycles. The van der Waals surface area contributed by atoms with Gasteiger partial charge in [0.25, 0.3) is 0 Å². The second-order valence-electron chi connectivity index (χ2n) is 5.73. The highest BCUT2D eigenvalue weighted by Gasteiger charge is 2.30. The van der Waals surface area contributed by atoms with E-state index in [9.17, 15) is 23.1 Å². The largest absolute Gasteiger partial charge is 0.505 e. The van der Waals surface area contributed by atoms with E-state index < -0.39 is 17.8 Å². The first-order valence-corrected chi connectivity index (χ1v) is 7.97. The van der Waals surface area contributed by atoms with Gasteiger partial charge in [-0.25, -0.2) is 4.79 Å². The molecule has 3 N–H and O–H groups in total. The lowest BCUT2D eigenvalue weighted by Crippen LogP contribution is -2.20. The summed E-state index contributed by atoms with van der Waals surface area (Å²) >= 11 is 0. The fraction of sp³-hybridized carbons (Fsp3) is 0.0500. The number of phenols is 1. The first-order chi connectivity index (χ1) is 12.8. The number of hydrogen-bond donors (Lipinski definition) is 3. The van der Waals surface area contributed by atoms with Gasteiger partial charge in [0.05, 0.1) is 11.3 Å². The van der Waals surface area contributed by atoms with Crippen LogP contribution in [0.2, 0.25) is 0 Å². The van der Waals surface area contributed by atoms with E-state index in [-0.39, 0.29) is 17.1 Å². The van der Waals surface area contributed by atoms with E-state index in [1.165, 1.54) is 18.2 Å². The molecular weight excluding hydrogens is 357 g/mol. The predicted molar refractivity (Wildman–Crippen MR) is 97.6 cm³/mol. The van der Waals surface area contributed by atoms with E-state index in [1.807, 2.05) is 30.3 Å². The zero-order chi connectivity index (χ0) is 19.4. The van der Waals surface area contributed by atoms with Gasteiger partial charge in [0, 0.05) is 11.3 Å². The number of hydrogen-bond acceptors (Lipinski definition) is 2. The minimum absolute atomic E-state index is 0.0129. The monoisotopic (exact) mass is 372 g/mol. The highest BCUT2D eigenvalue weighted by Crippen LogP contribution is 2.35. The molecule has 0 fully saturated rings. The van der Waals surface area contributed by atoms with Crippen molar-refractivity contribution in [3.05, 3.63) is 78.4 Å². The van der Waals surface area contributed by atoms with Gasteiger partial charge in [0.1, 0.15) is 5.75 Å². The number of phenolic OH excluding ortho intramolecular Hbond substituents is 1. The average molecular weight is 372 g/mol. The number of carbonyl (C=O) groups is 1. The number of carbonyl (C=O) groups excluding carboxylic acids is 1. The molecular formula is C20H15F3N2O2. The van der Waals surface area contributed by atoms with E-state index in [1.54, 1.807) is 12.1 Å². The number of anilines is 2. The Bertz CT molecular complexity index is 957. The normalized spacial score (nSPS) is 11.1. The van der Waals surface area contributed by atoms with Crippen molar-refractivity contribution in [2.75, 3.05) is 10.6 Å². The molecule has 0 aliphatic carbocycles. The Kier molecular flexibility index (Phi) is 5.03. The molecule has 4 nitrogen and oxygen atoms in total. The lowest BCUT2D eigenvalue weighted by molar-refractivity contribution is -0.137. The van der Waals surface area contributed by atoms with E-state index in [2.05, 4.69) is 10.6 Å². The summed E-state index contributed by atoms with van der Waals surface area (Å²) in [5.41, 5.74) is 0.542. The maximum atomic E-state index is 12.7. The topological polar surface area (TPSA) is 61.4 Å². The highest BCUT2D eigenvalue weighted by atomic mass is 19.4. The van der Waals surface area contributed by atoms with Crippen LogP contribution in [0, 0.1) is 0 Å². The van der Waals surface area contributed by atoms with Crippen molar-refractivity contribution in [1.29, 1.82) is 0 Å².